The second-order valence-corrected chi connectivity index (χ2v) is 7.52. The molecule has 0 amide bonds. The van der Waals surface area contributed by atoms with Gasteiger partial charge in [-0.15, -0.1) is 10.2 Å². The molecule has 3 rings (SSSR count). The Hall–Kier alpha value is -1.67. The molecule has 8 nitrogen and oxygen atoms in total. The number of aliphatic hydroxyl groups is 1. The fourth-order valence-corrected chi connectivity index (χ4v) is 4.05. The Bertz CT molecular complexity index is 607. The van der Waals surface area contributed by atoms with Gasteiger partial charge in [-0.25, -0.2) is 0 Å². The molecule has 0 bridgehead atoms. The summed E-state index contributed by atoms with van der Waals surface area (Å²) < 4.78 is 1.98. The molecule has 1 aliphatic heterocycles. The summed E-state index contributed by atoms with van der Waals surface area (Å²) >= 11 is 0. The summed E-state index contributed by atoms with van der Waals surface area (Å²) in [6.07, 6.45) is 6.53. The lowest BCUT2D eigenvalue weighted by molar-refractivity contribution is 0.00810. The molecule has 0 aromatic carbocycles. The van der Waals surface area contributed by atoms with Gasteiger partial charge in [0.05, 0.1) is 12.6 Å². The molecule has 1 saturated heterocycles. The summed E-state index contributed by atoms with van der Waals surface area (Å²) in [5.74, 6) is 2.61. The molecular formula is C18H33N7O. The average Bonchev–Trinajstić information content (AvgIpc) is 2.98. The smallest absolute Gasteiger partial charge is 0.191 e. The van der Waals surface area contributed by atoms with Gasteiger partial charge in [-0.1, -0.05) is 12.8 Å². The van der Waals surface area contributed by atoms with E-state index in [1.807, 2.05) is 18.5 Å². The molecular weight excluding hydrogens is 330 g/mol. The Morgan fingerprint density at radius 1 is 1.19 bits per heavy atom. The molecule has 146 valence electrons. The molecule has 2 heterocycles. The first-order chi connectivity index (χ1) is 12.6. The summed E-state index contributed by atoms with van der Waals surface area (Å²) in [4.78, 5) is 6.82. The van der Waals surface area contributed by atoms with Gasteiger partial charge >= 0.3 is 0 Å². The molecule has 1 aromatic heterocycles. The third kappa shape index (κ3) is 4.54. The number of aliphatic imine (C=N–C) groups is 1. The van der Waals surface area contributed by atoms with E-state index in [0.717, 1.165) is 56.4 Å². The topological polar surface area (TPSA) is 90.6 Å². The number of nitrogens with one attached hydrogen (secondary N) is 2. The Kier molecular flexibility index (Phi) is 6.48. The maximum Gasteiger partial charge on any atom is 0.191 e. The van der Waals surface area contributed by atoms with E-state index in [1.165, 1.54) is 12.8 Å². The van der Waals surface area contributed by atoms with Crippen LogP contribution in [0.2, 0.25) is 0 Å². The lowest BCUT2D eigenvalue weighted by atomic mass is 9.89. The van der Waals surface area contributed by atoms with E-state index >= 15 is 0 Å². The van der Waals surface area contributed by atoms with Crippen molar-refractivity contribution < 1.29 is 5.11 Å². The lowest BCUT2D eigenvalue weighted by Crippen LogP contribution is -2.53. The predicted octanol–water partition coefficient (Wildman–Crippen LogP) is 0.556. The SMILES string of the molecule is CN=C(NCc1nnc(C)n1C)NC1CCN(C2CCCCC2O)CC1. The quantitative estimate of drug-likeness (QED) is 0.535. The number of nitrogens with zero attached hydrogens (tertiary/aromatic N) is 5. The minimum absolute atomic E-state index is 0.141. The van der Waals surface area contributed by atoms with Gasteiger partial charge in [0.2, 0.25) is 0 Å². The molecule has 2 fully saturated rings. The summed E-state index contributed by atoms with van der Waals surface area (Å²) in [7, 11) is 3.77. The highest BCUT2D eigenvalue weighted by atomic mass is 16.3. The monoisotopic (exact) mass is 363 g/mol. The maximum absolute atomic E-state index is 10.3. The highest BCUT2D eigenvalue weighted by molar-refractivity contribution is 5.79. The number of likely N-dealkylation sites (tertiary alicyclic amines) is 1. The van der Waals surface area contributed by atoms with Crippen LogP contribution >= 0.6 is 0 Å². The third-order valence-corrected chi connectivity index (χ3v) is 5.85. The van der Waals surface area contributed by atoms with Gasteiger partial charge in [0.25, 0.3) is 0 Å². The Morgan fingerprint density at radius 2 is 1.92 bits per heavy atom. The number of hydrogen-bond acceptors (Lipinski definition) is 5. The molecule has 8 heteroatoms. The average molecular weight is 364 g/mol. The number of aliphatic hydroxyl groups excluding tert-OH is 1. The first kappa shape index (κ1) is 19.1. The Labute approximate surface area is 156 Å². The van der Waals surface area contributed by atoms with Crippen LogP contribution in [0.3, 0.4) is 0 Å². The molecule has 2 unspecified atom stereocenters. The lowest BCUT2D eigenvalue weighted by Gasteiger charge is -2.41. The van der Waals surface area contributed by atoms with Gasteiger partial charge in [0.15, 0.2) is 11.8 Å². The number of guanidine groups is 1. The molecule has 2 aliphatic rings. The molecule has 1 aromatic rings. The van der Waals surface area contributed by atoms with E-state index in [4.69, 9.17) is 0 Å². The van der Waals surface area contributed by atoms with Crippen LogP contribution < -0.4 is 10.6 Å². The Balaban J connectivity index is 1.44. The number of aromatic nitrogens is 3. The second-order valence-electron chi connectivity index (χ2n) is 7.52. The van der Waals surface area contributed by atoms with Crippen molar-refractivity contribution in [1.82, 2.24) is 30.3 Å². The van der Waals surface area contributed by atoms with Gasteiger partial charge < -0.3 is 20.3 Å². The zero-order valence-corrected chi connectivity index (χ0v) is 16.3. The standard InChI is InChI=1S/C18H33N7O/c1-13-22-23-17(24(13)3)12-20-18(19-2)21-14-8-10-25(11-9-14)15-6-4-5-7-16(15)26/h14-16,26H,4-12H2,1-3H3,(H2,19,20,21). The van der Waals surface area contributed by atoms with Crippen LogP contribution in [-0.4, -0.2) is 69.1 Å². The summed E-state index contributed by atoms with van der Waals surface area (Å²) in [5, 5.41) is 25.4. The summed E-state index contributed by atoms with van der Waals surface area (Å²) in [6.45, 7) is 4.63. The molecule has 0 spiro atoms. The van der Waals surface area contributed by atoms with E-state index in [9.17, 15) is 5.11 Å². The molecule has 26 heavy (non-hydrogen) atoms. The predicted molar refractivity (Wildman–Crippen MR) is 102 cm³/mol. The van der Waals surface area contributed by atoms with Gasteiger partial charge in [0, 0.05) is 39.3 Å². The Morgan fingerprint density at radius 3 is 2.54 bits per heavy atom. The van der Waals surface area contributed by atoms with Gasteiger partial charge in [-0.3, -0.25) is 9.89 Å². The number of rotatable bonds is 4. The van der Waals surface area contributed by atoms with Gasteiger partial charge in [-0.05, 0) is 32.6 Å². The highest BCUT2D eigenvalue weighted by Gasteiger charge is 2.31. The van der Waals surface area contributed by atoms with Crippen LogP contribution in [0.25, 0.3) is 0 Å². The highest BCUT2D eigenvalue weighted by Crippen LogP contribution is 2.25. The van der Waals surface area contributed by atoms with Crippen molar-refractivity contribution in [3.63, 3.8) is 0 Å². The number of piperidine rings is 1. The molecule has 3 N–H and O–H groups in total. The largest absolute Gasteiger partial charge is 0.391 e. The van der Waals surface area contributed by atoms with Crippen LogP contribution in [0.15, 0.2) is 4.99 Å². The number of aryl methyl sites for hydroxylation is 1. The van der Waals surface area contributed by atoms with Gasteiger partial charge in [0.1, 0.15) is 5.82 Å². The van der Waals surface area contributed by atoms with Crippen molar-refractivity contribution in [2.45, 2.75) is 70.2 Å². The van der Waals surface area contributed by atoms with Crippen molar-refractivity contribution >= 4 is 5.96 Å². The fraction of sp³-hybridized carbons (Fsp3) is 0.833. The molecule has 1 aliphatic carbocycles. The van der Waals surface area contributed by atoms with Crippen molar-refractivity contribution in [2.75, 3.05) is 20.1 Å². The van der Waals surface area contributed by atoms with Crippen LogP contribution in [0.5, 0.6) is 0 Å². The van der Waals surface area contributed by atoms with Gasteiger partial charge in [-0.2, -0.15) is 0 Å². The van der Waals surface area contributed by atoms with E-state index in [0.29, 0.717) is 18.6 Å². The first-order valence-electron chi connectivity index (χ1n) is 9.82. The minimum Gasteiger partial charge on any atom is -0.391 e. The zero-order valence-electron chi connectivity index (χ0n) is 16.3. The molecule has 1 saturated carbocycles. The van der Waals surface area contributed by atoms with Crippen molar-refractivity contribution in [2.24, 2.45) is 12.0 Å². The van der Waals surface area contributed by atoms with Crippen LogP contribution in [0, 0.1) is 6.92 Å². The minimum atomic E-state index is -0.141. The van der Waals surface area contributed by atoms with E-state index in [-0.39, 0.29) is 6.10 Å². The maximum atomic E-state index is 10.3. The number of hydrogen-bond donors (Lipinski definition) is 3. The normalized spacial score (nSPS) is 26.1. The van der Waals surface area contributed by atoms with E-state index < -0.39 is 0 Å². The van der Waals surface area contributed by atoms with Crippen molar-refractivity contribution in [3.05, 3.63) is 11.6 Å². The fourth-order valence-electron chi connectivity index (χ4n) is 4.05. The zero-order chi connectivity index (χ0) is 18.5. The summed E-state index contributed by atoms with van der Waals surface area (Å²) in [5.41, 5.74) is 0. The second kappa shape index (κ2) is 8.81. The van der Waals surface area contributed by atoms with Crippen LogP contribution in [0.1, 0.15) is 50.2 Å². The van der Waals surface area contributed by atoms with E-state index in [2.05, 4.69) is 30.7 Å². The van der Waals surface area contributed by atoms with Crippen molar-refractivity contribution in [1.29, 1.82) is 0 Å². The van der Waals surface area contributed by atoms with E-state index in [1.54, 1.807) is 7.05 Å². The molecule has 2 atom stereocenters. The summed E-state index contributed by atoms with van der Waals surface area (Å²) in [6, 6.07) is 0.778. The third-order valence-electron chi connectivity index (χ3n) is 5.85. The molecule has 0 radical (unpaired) electrons. The first-order valence-corrected chi connectivity index (χ1v) is 9.82. The van der Waals surface area contributed by atoms with Crippen molar-refractivity contribution in [3.8, 4) is 0 Å². The van der Waals surface area contributed by atoms with Crippen LogP contribution in [-0.2, 0) is 13.6 Å². The van der Waals surface area contributed by atoms with Crippen LogP contribution in [0.4, 0.5) is 0 Å².